The van der Waals surface area contributed by atoms with Crippen LogP contribution in [0.2, 0.25) is 0 Å². The molecule has 0 amide bonds. The molecule has 18 atom stereocenters. The Hall–Kier alpha value is -1.30. The molecule has 6 N–H and O–H groups in total. The second-order valence-electron chi connectivity index (χ2n) is 16.5. The van der Waals surface area contributed by atoms with Crippen molar-refractivity contribution >= 4 is 11.8 Å². The molecular weight excluding hydrogens is 666 g/mol. The second-order valence-corrected chi connectivity index (χ2v) is 16.5. The van der Waals surface area contributed by atoms with Crippen molar-refractivity contribution in [1.82, 2.24) is 0 Å². The van der Waals surface area contributed by atoms with E-state index in [1.165, 1.54) is 35.0 Å². The highest BCUT2D eigenvalue weighted by atomic mass is 16.7. The fourth-order valence-electron chi connectivity index (χ4n) is 8.42. The zero-order valence-corrected chi connectivity index (χ0v) is 33.0. The minimum Gasteiger partial charge on any atom is -0.458 e. The maximum absolute atomic E-state index is 14.3. The predicted octanol–water partition coefficient (Wildman–Crippen LogP) is 2.23. The van der Waals surface area contributed by atoms with E-state index in [0.717, 1.165) is 0 Å². The molecule has 3 rings (SSSR count). The molecule has 0 aromatic carbocycles. The highest BCUT2D eigenvalue weighted by molar-refractivity contribution is 5.84. The van der Waals surface area contributed by atoms with Crippen LogP contribution in [0.3, 0.4) is 0 Å². The van der Waals surface area contributed by atoms with E-state index < -0.39 is 101 Å². The summed E-state index contributed by atoms with van der Waals surface area (Å²) < 4.78 is 43.5. The van der Waals surface area contributed by atoms with Crippen LogP contribution in [0.4, 0.5) is 0 Å². The van der Waals surface area contributed by atoms with E-state index in [0.29, 0.717) is 6.42 Å². The van der Waals surface area contributed by atoms with Crippen LogP contribution < -0.4 is 5.73 Å². The van der Waals surface area contributed by atoms with Gasteiger partial charge >= 0.3 is 5.97 Å². The molecule has 0 spiro atoms. The van der Waals surface area contributed by atoms with Crippen LogP contribution in [0.25, 0.3) is 0 Å². The second kappa shape index (κ2) is 16.6. The lowest BCUT2D eigenvalue weighted by atomic mass is 9.72. The van der Waals surface area contributed by atoms with Crippen molar-refractivity contribution in [3.63, 3.8) is 0 Å². The van der Waals surface area contributed by atoms with Gasteiger partial charge in [0.05, 0.1) is 41.7 Å². The standard InChI is InChI=1S/C37H67NO13/c1-14-24-37(11,44)28(41)21(5)26(39)19(3)16-35(9,46-13)30(51-32-27(40)18(2)15-20(4)47-32)22(6)31(36(10,38)33(43)49-24)50-25-17-34(8,45-12)29(42)23(7)48-25/h18-25,27-32,40-42,44H,14-17,38H2,1-13H3/t18-,19+,20+,21-,22+,23-,24+,25-,27+,28+,29-,30+,31+,32-,34+,35-,36-,37+/m0/s1. The van der Waals surface area contributed by atoms with Crippen LogP contribution in [-0.2, 0) is 42.7 Å². The maximum Gasteiger partial charge on any atom is 0.328 e. The van der Waals surface area contributed by atoms with Crippen LogP contribution >= 0.6 is 0 Å². The summed E-state index contributed by atoms with van der Waals surface area (Å²) in [5.41, 5.74) is 0.625. The summed E-state index contributed by atoms with van der Waals surface area (Å²) in [6, 6.07) is 0. The van der Waals surface area contributed by atoms with Crippen molar-refractivity contribution in [3.05, 3.63) is 0 Å². The number of ketones is 1. The normalized spacial score (nSPS) is 51.1. The first-order valence-corrected chi connectivity index (χ1v) is 18.4. The fraction of sp³-hybridized carbons (Fsp3) is 0.946. The van der Waals surface area contributed by atoms with Crippen molar-refractivity contribution in [1.29, 1.82) is 0 Å². The van der Waals surface area contributed by atoms with Gasteiger partial charge in [-0.3, -0.25) is 4.79 Å². The van der Waals surface area contributed by atoms with E-state index in [9.17, 15) is 30.0 Å². The third-order valence-electron chi connectivity index (χ3n) is 12.0. The lowest BCUT2D eigenvalue weighted by Gasteiger charge is -2.50. The Bertz CT molecular complexity index is 1190. The number of carbonyl (C=O) groups is 2. The van der Waals surface area contributed by atoms with E-state index in [1.54, 1.807) is 41.5 Å². The third kappa shape index (κ3) is 8.99. The minimum atomic E-state index is -2.03. The highest BCUT2D eigenvalue weighted by Gasteiger charge is 2.56. The molecule has 298 valence electrons. The summed E-state index contributed by atoms with van der Waals surface area (Å²) in [5, 5.41) is 45.3. The van der Waals surface area contributed by atoms with Gasteiger partial charge in [-0.25, -0.2) is 4.79 Å². The van der Waals surface area contributed by atoms with Crippen LogP contribution in [0.15, 0.2) is 0 Å². The number of aliphatic hydroxyl groups excluding tert-OH is 3. The summed E-state index contributed by atoms with van der Waals surface area (Å²) in [7, 11) is 2.96. The SMILES string of the molecule is CC[C@H]1OC(=O)[C@@](C)(N)[C@H](O[C@H]2C[C@@](C)(OC)[C@@H](O)[C@H](C)O2)[C@H](C)[C@@H](O[C@@H]2O[C@H](C)C[C@H](C)[C@H]2O)[C@@](C)(OC)C[C@@H](C)C(=O)[C@H](C)[C@@H](O)[C@]1(C)O. The minimum absolute atomic E-state index is 0.0673. The van der Waals surface area contributed by atoms with E-state index in [2.05, 4.69) is 0 Å². The number of cyclic esters (lactones) is 1. The molecular formula is C37H67NO13. The molecule has 14 nitrogen and oxygen atoms in total. The van der Waals surface area contributed by atoms with Crippen molar-refractivity contribution in [3.8, 4) is 0 Å². The number of nitrogens with two attached hydrogens (primary N) is 1. The zero-order valence-electron chi connectivity index (χ0n) is 33.0. The summed E-state index contributed by atoms with van der Waals surface area (Å²) in [5.74, 6) is -4.08. The monoisotopic (exact) mass is 733 g/mol. The van der Waals surface area contributed by atoms with Crippen LogP contribution in [0, 0.1) is 23.7 Å². The molecule has 3 fully saturated rings. The van der Waals surface area contributed by atoms with Crippen molar-refractivity contribution in [2.24, 2.45) is 29.4 Å². The number of hydrogen-bond acceptors (Lipinski definition) is 14. The number of methoxy groups -OCH3 is 2. The Kier molecular flexibility index (Phi) is 14.4. The molecule has 0 unspecified atom stereocenters. The fourth-order valence-corrected chi connectivity index (χ4v) is 8.42. The van der Waals surface area contributed by atoms with Gasteiger partial charge in [0.25, 0.3) is 0 Å². The van der Waals surface area contributed by atoms with E-state index in [-0.39, 0.29) is 37.1 Å². The predicted molar refractivity (Wildman–Crippen MR) is 186 cm³/mol. The van der Waals surface area contributed by atoms with E-state index in [1.807, 2.05) is 13.8 Å². The first-order valence-electron chi connectivity index (χ1n) is 18.4. The first kappa shape index (κ1) is 44.1. The first-order chi connectivity index (χ1) is 23.4. The summed E-state index contributed by atoms with van der Waals surface area (Å²) in [6.45, 7) is 18.4. The number of esters is 1. The van der Waals surface area contributed by atoms with Gasteiger partial charge in [0.1, 0.15) is 35.2 Å². The van der Waals surface area contributed by atoms with Gasteiger partial charge < -0.3 is 59.3 Å². The number of ether oxygens (including phenoxy) is 7. The molecule has 0 saturated carbocycles. The Labute approximate surface area is 303 Å². The smallest absolute Gasteiger partial charge is 0.328 e. The largest absolute Gasteiger partial charge is 0.458 e. The molecule has 0 radical (unpaired) electrons. The van der Waals surface area contributed by atoms with Gasteiger partial charge in [-0.2, -0.15) is 0 Å². The highest BCUT2D eigenvalue weighted by Crippen LogP contribution is 2.42. The molecule has 3 aliphatic heterocycles. The maximum atomic E-state index is 14.3. The van der Waals surface area contributed by atoms with Gasteiger partial charge in [-0.05, 0) is 66.7 Å². The molecule has 3 aliphatic rings. The molecule has 0 aromatic rings. The average molecular weight is 734 g/mol. The molecule has 3 heterocycles. The van der Waals surface area contributed by atoms with E-state index >= 15 is 0 Å². The zero-order chi connectivity index (χ0) is 39.0. The lowest BCUT2D eigenvalue weighted by Crippen LogP contribution is -2.67. The molecule has 3 saturated heterocycles. The van der Waals surface area contributed by atoms with Gasteiger partial charge in [-0.1, -0.05) is 34.6 Å². The molecule has 51 heavy (non-hydrogen) atoms. The molecule has 0 aliphatic carbocycles. The number of Topliss-reactive ketones (excluding diaryl/α,β-unsaturated/α-hetero) is 1. The number of rotatable bonds is 7. The molecule has 0 aromatic heterocycles. The number of carbonyl (C=O) groups excluding carboxylic acids is 2. The lowest BCUT2D eigenvalue weighted by molar-refractivity contribution is -0.320. The van der Waals surface area contributed by atoms with Crippen LogP contribution in [0.1, 0.15) is 102 Å². The van der Waals surface area contributed by atoms with Gasteiger partial charge in [-0.15, -0.1) is 0 Å². The Morgan fingerprint density at radius 3 is 1.98 bits per heavy atom. The topological polar surface area (TPSA) is 206 Å². The van der Waals surface area contributed by atoms with Crippen molar-refractivity contribution in [2.75, 3.05) is 14.2 Å². The number of hydrogen-bond donors (Lipinski definition) is 5. The van der Waals surface area contributed by atoms with Crippen molar-refractivity contribution in [2.45, 2.75) is 186 Å². The van der Waals surface area contributed by atoms with Gasteiger partial charge in [0.15, 0.2) is 12.6 Å². The Morgan fingerprint density at radius 2 is 1.43 bits per heavy atom. The van der Waals surface area contributed by atoms with Crippen LogP contribution in [-0.4, -0.2) is 130 Å². The summed E-state index contributed by atoms with van der Waals surface area (Å²) in [4.78, 5) is 28.2. The average Bonchev–Trinajstić information content (AvgIpc) is 3.06. The van der Waals surface area contributed by atoms with Gasteiger partial charge in [0.2, 0.25) is 0 Å². The molecule has 0 bridgehead atoms. The van der Waals surface area contributed by atoms with Crippen molar-refractivity contribution < 1.29 is 63.2 Å². The summed E-state index contributed by atoms with van der Waals surface area (Å²) >= 11 is 0. The summed E-state index contributed by atoms with van der Waals surface area (Å²) in [6.07, 6.45) is -9.42. The quantitative estimate of drug-likeness (QED) is 0.238. The Balaban J connectivity index is 2.26. The Morgan fingerprint density at radius 1 is 0.843 bits per heavy atom. The molecule has 14 heteroatoms. The van der Waals surface area contributed by atoms with E-state index in [4.69, 9.17) is 38.9 Å². The number of aliphatic hydroxyl groups is 4. The van der Waals surface area contributed by atoms with Gasteiger partial charge in [0, 0.05) is 38.4 Å². The third-order valence-corrected chi connectivity index (χ3v) is 12.0. The van der Waals surface area contributed by atoms with Crippen LogP contribution in [0.5, 0.6) is 0 Å².